The number of nitrogens with zero attached hydrogens (tertiary/aromatic N) is 1. The highest BCUT2D eigenvalue weighted by Crippen LogP contribution is 2.49. The van der Waals surface area contributed by atoms with Crippen LogP contribution in [-0.4, -0.2) is 30.2 Å². The van der Waals surface area contributed by atoms with E-state index in [4.69, 9.17) is 5.11 Å². The lowest BCUT2D eigenvalue weighted by Gasteiger charge is -2.21. The summed E-state index contributed by atoms with van der Waals surface area (Å²) in [5.41, 5.74) is 2.72. The van der Waals surface area contributed by atoms with Crippen LogP contribution >= 0.6 is 0 Å². The summed E-state index contributed by atoms with van der Waals surface area (Å²) in [6, 6.07) is 5.94. The molecule has 0 amide bonds. The number of unbranched alkanes of at least 4 members (excludes halogenated alkanes) is 1. The van der Waals surface area contributed by atoms with Gasteiger partial charge in [0.2, 0.25) is 10.0 Å². The Morgan fingerprint density at radius 2 is 1.90 bits per heavy atom. The minimum absolute atomic E-state index is 0.0162. The molecule has 2 aliphatic rings. The number of allylic oxidation sites excluding steroid dienone is 4. The highest BCUT2D eigenvalue weighted by Gasteiger charge is 2.39. The van der Waals surface area contributed by atoms with Gasteiger partial charge in [-0.25, -0.2) is 8.42 Å². The normalized spacial score (nSPS) is 20.5. The molecule has 168 valence electrons. The number of non-ortho nitro benzene ring substituents is 1. The lowest BCUT2D eigenvalue weighted by Crippen LogP contribution is -2.30. The molecule has 0 spiro atoms. The van der Waals surface area contributed by atoms with Crippen LogP contribution < -0.4 is 4.72 Å². The first kappa shape index (κ1) is 23.0. The smallest absolute Gasteiger partial charge is 0.303 e. The van der Waals surface area contributed by atoms with E-state index in [1.807, 2.05) is 12.2 Å². The van der Waals surface area contributed by atoms with Crippen molar-refractivity contribution < 1.29 is 23.2 Å². The van der Waals surface area contributed by atoms with Gasteiger partial charge in [-0.2, -0.15) is 0 Å². The molecule has 1 aromatic carbocycles. The fourth-order valence-electron chi connectivity index (χ4n) is 4.42. The second-order valence-electron chi connectivity index (χ2n) is 8.20. The van der Waals surface area contributed by atoms with Gasteiger partial charge in [-0.3, -0.25) is 19.6 Å². The van der Waals surface area contributed by atoms with Crippen LogP contribution in [0.2, 0.25) is 0 Å². The zero-order chi connectivity index (χ0) is 22.4. The minimum atomic E-state index is -3.52. The lowest BCUT2D eigenvalue weighted by molar-refractivity contribution is -0.384. The van der Waals surface area contributed by atoms with Crippen LogP contribution in [0.5, 0.6) is 0 Å². The lowest BCUT2D eigenvalue weighted by atomic mass is 9.93. The number of rotatable bonds is 12. The molecule has 8 nitrogen and oxygen atoms in total. The van der Waals surface area contributed by atoms with E-state index in [1.165, 1.54) is 12.1 Å². The van der Waals surface area contributed by atoms with Gasteiger partial charge in [0.15, 0.2) is 0 Å². The number of aryl methyl sites for hydroxylation is 1. The van der Waals surface area contributed by atoms with Crippen molar-refractivity contribution in [2.45, 2.75) is 51.4 Å². The Kier molecular flexibility index (Phi) is 7.48. The van der Waals surface area contributed by atoms with Gasteiger partial charge in [0.05, 0.1) is 10.7 Å². The molecule has 3 rings (SSSR count). The van der Waals surface area contributed by atoms with Gasteiger partial charge in [0, 0.05) is 30.2 Å². The standard InChI is InChI=1S/C22H28N2O6S/c25-21(26)6-4-2-1-3-5-20-17-9-10-18(15-17)22(20)23-31(29,30)14-13-16-7-11-19(12-8-16)24(27)28/h1,3,7-8,11-12,17-18,23H,2,4-6,9-10,13-15H2,(H,25,26). The predicted octanol–water partition coefficient (Wildman–Crippen LogP) is 3.94. The van der Waals surface area contributed by atoms with Gasteiger partial charge in [0.1, 0.15) is 0 Å². The number of nitrogens with one attached hydrogen (secondary N) is 1. The van der Waals surface area contributed by atoms with Crippen molar-refractivity contribution in [3.05, 3.63) is 63.4 Å². The second kappa shape index (κ2) is 10.1. The number of sulfonamides is 1. The molecule has 9 heteroatoms. The summed E-state index contributed by atoms with van der Waals surface area (Å²) in [6.07, 6.45) is 9.48. The molecule has 31 heavy (non-hydrogen) atoms. The maximum Gasteiger partial charge on any atom is 0.303 e. The number of carbonyl (C=O) groups is 1. The first-order valence-electron chi connectivity index (χ1n) is 10.6. The van der Waals surface area contributed by atoms with E-state index in [0.717, 1.165) is 36.1 Å². The van der Waals surface area contributed by atoms with Crippen molar-refractivity contribution in [3.63, 3.8) is 0 Å². The van der Waals surface area contributed by atoms with Gasteiger partial charge in [-0.15, -0.1) is 0 Å². The van der Waals surface area contributed by atoms with Gasteiger partial charge >= 0.3 is 5.97 Å². The molecule has 2 unspecified atom stereocenters. The monoisotopic (exact) mass is 448 g/mol. The third kappa shape index (κ3) is 6.40. The summed E-state index contributed by atoms with van der Waals surface area (Å²) in [5.74, 6) is -0.200. The van der Waals surface area contributed by atoms with Crippen LogP contribution in [0.3, 0.4) is 0 Å². The van der Waals surface area contributed by atoms with Gasteiger partial charge in [-0.05, 0) is 62.0 Å². The topological polar surface area (TPSA) is 127 Å². The van der Waals surface area contributed by atoms with Crippen LogP contribution in [0.1, 0.15) is 50.5 Å². The van der Waals surface area contributed by atoms with Crippen molar-refractivity contribution in [3.8, 4) is 0 Å². The minimum Gasteiger partial charge on any atom is -0.481 e. The van der Waals surface area contributed by atoms with Crippen LogP contribution in [0.15, 0.2) is 47.7 Å². The Morgan fingerprint density at radius 3 is 2.58 bits per heavy atom. The maximum absolute atomic E-state index is 12.7. The number of nitro benzene ring substituents is 1. The molecule has 1 fully saturated rings. The number of nitro groups is 1. The van der Waals surface area contributed by atoms with Crippen molar-refractivity contribution in [1.29, 1.82) is 0 Å². The van der Waals surface area contributed by atoms with Gasteiger partial charge in [0.25, 0.3) is 5.69 Å². The third-order valence-corrected chi connectivity index (χ3v) is 7.29. The maximum atomic E-state index is 12.7. The number of hydrogen-bond donors (Lipinski definition) is 2. The summed E-state index contributed by atoms with van der Waals surface area (Å²) >= 11 is 0. The highest BCUT2D eigenvalue weighted by atomic mass is 32.2. The number of aliphatic carboxylic acids is 1. The Hall–Kier alpha value is -2.68. The molecule has 0 radical (unpaired) electrons. The van der Waals surface area contributed by atoms with Crippen molar-refractivity contribution in [2.75, 3.05) is 5.75 Å². The Labute approximate surface area is 182 Å². The number of carboxylic acid groups (broad SMARTS) is 1. The van der Waals surface area contributed by atoms with E-state index in [-0.39, 0.29) is 30.2 Å². The molecule has 0 aromatic heterocycles. The third-order valence-electron chi connectivity index (χ3n) is 6.02. The largest absolute Gasteiger partial charge is 0.481 e. The van der Waals surface area contributed by atoms with Crippen LogP contribution in [-0.2, 0) is 21.2 Å². The van der Waals surface area contributed by atoms with Crippen molar-refractivity contribution in [1.82, 2.24) is 4.72 Å². The molecule has 1 saturated carbocycles. The van der Waals surface area contributed by atoms with Crippen molar-refractivity contribution >= 4 is 21.7 Å². The molecule has 2 atom stereocenters. The average Bonchev–Trinajstić information content (AvgIpc) is 3.31. The number of fused-ring (bicyclic) bond motifs is 2. The number of carboxylic acids is 1. The molecule has 2 aliphatic carbocycles. The van der Waals surface area contributed by atoms with E-state index < -0.39 is 20.9 Å². The fraction of sp³-hybridized carbons (Fsp3) is 0.500. The molecular formula is C22H28N2O6S. The quantitative estimate of drug-likeness (QED) is 0.216. The summed E-state index contributed by atoms with van der Waals surface area (Å²) < 4.78 is 28.3. The van der Waals surface area contributed by atoms with E-state index in [0.29, 0.717) is 25.2 Å². The Bertz CT molecular complexity index is 982. The first-order chi connectivity index (χ1) is 14.7. The number of hydrogen-bond acceptors (Lipinski definition) is 5. The predicted molar refractivity (Wildman–Crippen MR) is 117 cm³/mol. The Morgan fingerprint density at radius 1 is 1.19 bits per heavy atom. The van der Waals surface area contributed by atoms with Crippen molar-refractivity contribution in [2.24, 2.45) is 11.8 Å². The van der Waals surface area contributed by atoms with E-state index in [1.54, 1.807) is 12.1 Å². The summed E-state index contributed by atoms with van der Waals surface area (Å²) in [7, 11) is -3.52. The molecular weight excluding hydrogens is 420 g/mol. The SMILES string of the molecule is O=C(O)CCCC=CCC1=C(NS(=O)(=O)CCc2ccc([N+](=O)[O-])cc2)C2CCC1C2. The fourth-order valence-corrected chi connectivity index (χ4v) is 5.66. The molecule has 0 saturated heterocycles. The summed E-state index contributed by atoms with van der Waals surface area (Å²) in [6.45, 7) is 0. The zero-order valence-corrected chi connectivity index (χ0v) is 18.1. The van der Waals surface area contributed by atoms with Gasteiger partial charge < -0.3 is 5.11 Å². The van der Waals surface area contributed by atoms with Crippen LogP contribution in [0.4, 0.5) is 5.69 Å². The second-order valence-corrected chi connectivity index (χ2v) is 10.0. The number of benzene rings is 1. The average molecular weight is 449 g/mol. The van der Waals surface area contributed by atoms with E-state index in [9.17, 15) is 23.3 Å². The molecule has 2 bridgehead atoms. The zero-order valence-electron chi connectivity index (χ0n) is 17.3. The molecule has 1 aromatic rings. The van der Waals surface area contributed by atoms with Gasteiger partial charge in [-0.1, -0.05) is 24.3 Å². The molecule has 0 aliphatic heterocycles. The first-order valence-corrected chi connectivity index (χ1v) is 12.2. The molecule has 0 heterocycles. The van der Waals surface area contributed by atoms with E-state index in [2.05, 4.69) is 4.72 Å². The summed E-state index contributed by atoms with van der Waals surface area (Å²) in [4.78, 5) is 20.8. The summed E-state index contributed by atoms with van der Waals surface area (Å²) in [5, 5.41) is 19.4. The van der Waals surface area contributed by atoms with E-state index >= 15 is 0 Å². The highest BCUT2D eigenvalue weighted by molar-refractivity contribution is 7.89. The molecule has 2 N–H and O–H groups in total. The Balaban J connectivity index is 1.58. The van der Waals surface area contributed by atoms with Crippen LogP contribution in [0, 0.1) is 22.0 Å². The van der Waals surface area contributed by atoms with Crippen LogP contribution in [0.25, 0.3) is 0 Å².